The van der Waals surface area contributed by atoms with E-state index in [1.165, 1.54) is 6.92 Å². The van der Waals surface area contributed by atoms with E-state index < -0.39 is 0 Å². The van der Waals surface area contributed by atoms with E-state index >= 15 is 0 Å². The molecule has 0 aliphatic carbocycles. The maximum atomic E-state index is 12.6. The Morgan fingerprint density at radius 1 is 1.17 bits per heavy atom. The number of carbonyl (C=O) groups is 2. The van der Waals surface area contributed by atoms with Gasteiger partial charge in [-0.25, -0.2) is 4.79 Å². The van der Waals surface area contributed by atoms with Crippen LogP contribution in [-0.2, 0) is 22.5 Å². The molecule has 0 saturated heterocycles. The Bertz CT molecular complexity index is 1090. The zero-order valence-corrected chi connectivity index (χ0v) is 16.6. The highest BCUT2D eigenvalue weighted by Gasteiger charge is 2.25. The summed E-state index contributed by atoms with van der Waals surface area (Å²) in [5.41, 5.74) is 5.32. The molecule has 0 radical (unpaired) electrons. The van der Waals surface area contributed by atoms with Crippen LogP contribution in [0.2, 0.25) is 0 Å². The molecule has 2 heterocycles. The van der Waals surface area contributed by atoms with E-state index in [0.717, 1.165) is 46.4 Å². The maximum absolute atomic E-state index is 12.6. The molecule has 0 unspecified atom stereocenters. The summed E-state index contributed by atoms with van der Waals surface area (Å²) in [6, 6.07) is 13.8. The molecule has 0 atom stereocenters. The third kappa shape index (κ3) is 3.66. The predicted octanol–water partition coefficient (Wildman–Crippen LogP) is 3.93. The number of nitrogens with zero attached hydrogens (tertiary/aromatic N) is 2. The minimum Gasteiger partial charge on any atom is -0.462 e. The summed E-state index contributed by atoms with van der Waals surface area (Å²) in [7, 11) is 0. The molecule has 148 valence electrons. The largest absolute Gasteiger partial charge is 0.462 e. The summed E-state index contributed by atoms with van der Waals surface area (Å²) < 4.78 is 5.29. The van der Waals surface area contributed by atoms with Crippen LogP contribution in [0.4, 0.5) is 11.4 Å². The minimum absolute atomic E-state index is 0.0782. The fraction of sp³-hybridized carbons (Fsp3) is 0.261. The standard InChI is InChI=1S/C23H23N3O3/c1-3-29-23(28)19-13-24-20-9-5-4-8-18(20)22(19)26-12-11-17-16(14-26)7-6-10-21(17)25-15(2)27/h4-10,13H,3,11-12,14H2,1-2H3,(H,25,27). The molecule has 1 amide bonds. The van der Waals surface area contributed by atoms with E-state index in [1.807, 2.05) is 36.4 Å². The van der Waals surface area contributed by atoms with Crippen molar-refractivity contribution in [1.82, 2.24) is 4.98 Å². The third-order valence-corrected chi connectivity index (χ3v) is 5.14. The lowest BCUT2D eigenvalue weighted by Gasteiger charge is -2.33. The highest BCUT2D eigenvalue weighted by molar-refractivity contribution is 6.05. The van der Waals surface area contributed by atoms with Gasteiger partial charge in [0.05, 0.1) is 17.8 Å². The number of hydrogen-bond donors (Lipinski definition) is 1. The van der Waals surface area contributed by atoms with E-state index in [9.17, 15) is 9.59 Å². The molecule has 0 spiro atoms. The monoisotopic (exact) mass is 389 g/mol. The summed E-state index contributed by atoms with van der Waals surface area (Å²) in [6.45, 7) is 5.00. The van der Waals surface area contributed by atoms with Gasteiger partial charge in [0.1, 0.15) is 5.56 Å². The number of hydrogen-bond acceptors (Lipinski definition) is 5. The van der Waals surface area contributed by atoms with E-state index in [-0.39, 0.29) is 11.9 Å². The quantitative estimate of drug-likeness (QED) is 0.685. The van der Waals surface area contributed by atoms with Crippen LogP contribution in [0.25, 0.3) is 10.9 Å². The zero-order chi connectivity index (χ0) is 20.4. The Hall–Kier alpha value is -3.41. The molecule has 4 rings (SSSR count). The first-order valence-electron chi connectivity index (χ1n) is 9.76. The number of aromatic nitrogens is 1. The molecule has 1 N–H and O–H groups in total. The van der Waals surface area contributed by atoms with Crippen LogP contribution >= 0.6 is 0 Å². The predicted molar refractivity (Wildman–Crippen MR) is 113 cm³/mol. The Kier molecular flexibility index (Phi) is 5.16. The van der Waals surface area contributed by atoms with Crippen LogP contribution < -0.4 is 10.2 Å². The van der Waals surface area contributed by atoms with Crippen molar-refractivity contribution < 1.29 is 14.3 Å². The van der Waals surface area contributed by atoms with E-state index in [1.54, 1.807) is 13.1 Å². The van der Waals surface area contributed by atoms with Crippen LogP contribution in [-0.4, -0.2) is 30.0 Å². The number of pyridine rings is 1. The van der Waals surface area contributed by atoms with Gasteiger partial charge in [-0.1, -0.05) is 30.3 Å². The van der Waals surface area contributed by atoms with Crippen molar-refractivity contribution in [3.8, 4) is 0 Å². The molecule has 2 aromatic carbocycles. The van der Waals surface area contributed by atoms with Gasteiger partial charge in [0, 0.05) is 37.3 Å². The first-order valence-corrected chi connectivity index (χ1v) is 9.76. The van der Waals surface area contributed by atoms with Crippen LogP contribution in [0.15, 0.2) is 48.7 Å². The van der Waals surface area contributed by atoms with Gasteiger partial charge in [0.15, 0.2) is 0 Å². The first-order chi connectivity index (χ1) is 14.1. The Labute approximate surface area is 169 Å². The van der Waals surface area contributed by atoms with Gasteiger partial charge in [-0.2, -0.15) is 0 Å². The summed E-state index contributed by atoms with van der Waals surface area (Å²) in [5.74, 6) is -0.441. The number of para-hydroxylation sites is 1. The Balaban J connectivity index is 1.79. The molecule has 0 bridgehead atoms. The topological polar surface area (TPSA) is 71.5 Å². The van der Waals surface area contributed by atoms with E-state index in [2.05, 4.69) is 21.3 Å². The van der Waals surface area contributed by atoms with Gasteiger partial charge < -0.3 is 15.0 Å². The number of ether oxygens (including phenoxy) is 1. The summed E-state index contributed by atoms with van der Waals surface area (Å²) in [5, 5.41) is 3.85. The van der Waals surface area contributed by atoms with Crippen LogP contribution in [0.1, 0.15) is 35.3 Å². The summed E-state index contributed by atoms with van der Waals surface area (Å²) >= 11 is 0. The average Bonchev–Trinajstić information content (AvgIpc) is 2.72. The highest BCUT2D eigenvalue weighted by Crippen LogP contribution is 2.35. The normalized spacial score (nSPS) is 13.1. The van der Waals surface area contributed by atoms with Crippen LogP contribution in [0, 0.1) is 0 Å². The molecule has 29 heavy (non-hydrogen) atoms. The van der Waals surface area contributed by atoms with Gasteiger partial charge in [0.2, 0.25) is 5.91 Å². The second-order valence-electron chi connectivity index (χ2n) is 7.05. The molecule has 1 aliphatic rings. The molecule has 0 saturated carbocycles. The minimum atomic E-state index is -0.362. The van der Waals surface area contributed by atoms with E-state index in [0.29, 0.717) is 18.7 Å². The number of esters is 1. The zero-order valence-electron chi connectivity index (χ0n) is 16.6. The second-order valence-corrected chi connectivity index (χ2v) is 7.05. The number of fused-ring (bicyclic) bond motifs is 2. The van der Waals surface area contributed by atoms with Gasteiger partial charge >= 0.3 is 5.97 Å². The Morgan fingerprint density at radius 3 is 2.79 bits per heavy atom. The highest BCUT2D eigenvalue weighted by atomic mass is 16.5. The van der Waals surface area contributed by atoms with E-state index in [4.69, 9.17) is 4.74 Å². The van der Waals surface area contributed by atoms with Gasteiger partial charge in [-0.3, -0.25) is 9.78 Å². The fourth-order valence-corrected chi connectivity index (χ4v) is 3.93. The van der Waals surface area contributed by atoms with Gasteiger partial charge in [-0.05, 0) is 36.6 Å². The molecule has 1 aliphatic heterocycles. The Morgan fingerprint density at radius 2 is 2.00 bits per heavy atom. The lowest BCUT2D eigenvalue weighted by molar-refractivity contribution is -0.114. The number of amides is 1. The molecule has 6 heteroatoms. The number of anilines is 2. The molecular weight excluding hydrogens is 366 g/mol. The van der Waals surface area contributed by atoms with Crippen molar-refractivity contribution in [3.05, 3.63) is 65.4 Å². The number of carbonyl (C=O) groups excluding carboxylic acids is 2. The summed E-state index contributed by atoms with van der Waals surface area (Å²) in [4.78, 5) is 30.8. The second kappa shape index (κ2) is 7.91. The van der Waals surface area contributed by atoms with Crippen molar-refractivity contribution in [2.45, 2.75) is 26.8 Å². The molecular formula is C23H23N3O3. The van der Waals surface area contributed by atoms with Crippen LogP contribution in [0.3, 0.4) is 0 Å². The van der Waals surface area contributed by atoms with Crippen molar-refractivity contribution in [2.24, 2.45) is 0 Å². The van der Waals surface area contributed by atoms with Crippen molar-refractivity contribution in [1.29, 1.82) is 0 Å². The lowest BCUT2D eigenvalue weighted by atomic mass is 9.96. The van der Waals surface area contributed by atoms with Gasteiger partial charge in [0.25, 0.3) is 0 Å². The number of benzene rings is 2. The summed E-state index contributed by atoms with van der Waals surface area (Å²) in [6.07, 6.45) is 2.38. The molecule has 1 aromatic heterocycles. The molecule has 3 aromatic rings. The molecule has 0 fully saturated rings. The third-order valence-electron chi connectivity index (χ3n) is 5.14. The lowest BCUT2D eigenvalue weighted by Crippen LogP contribution is -2.32. The van der Waals surface area contributed by atoms with Crippen molar-refractivity contribution in [2.75, 3.05) is 23.4 Å². The maximum Gasteiger partial charge on any atom is 0.341 e. The van der Waals surface area contributed by atoms with Crippen LogP contribution in [0.5, 0.6) is 0 Å². The SMILES string of the molecule is CCOC(=O)c1cnc2ccccc2c1N1CCc2c(cccc2NC(C)=O)C1. The smallest absolute Gasteiger partial charge is 0.341 e. The fourth-order valence-electron chi connectivity index (χ4n) is 3.93. The average molecular weight is 389 g/mol. The van der Waals surface area contributed by atoms with Crippen molar-refractivity contribution >= 4 is 34.2 Å². The number of nitrogens with one attached hydrogen (secondary N) is 1. The van der Waals surface area contributed by atoms with Crippen molar-refractivity contribution in [3.63, 3.8) is 0 Å². The first kappa shape index (κ1) is 18.9. The van der Waals surface area contributed by atoms with Gasteiger partial charge in [-0.15, -0.1) is 0 Å². The molecule has 6 nitrogen and oxygen atoms in total. The number of rotatable bonds is 4.